The van der Waals surface area contributed by atoms with Crippen LogP contribution in [0.15, 0.2) is 47.4 Å². The van der Waals surface area contributed by atoms with Crippen molar-refractivity contribution in [2.24, 2.45) is 0 Å². The molecule has 0 saturated carbocycles. The fourth-order valence-electron chi connectivity index (χ4n) is 1.73. The highest BCUT2D eigenvalue weighted by Gasteiger charge is 2.17. The molecule has 110 valence electrons. The second-order valence-corrected chi connectivity index (χ2v) is 6.07. The van der Waals surface area contributed by atoms with Gasteiger partial charge in [-0.05, 0) is 30.7 Å². The topological polar surface area (TPSA) is 107 Å². The number of anilines is 1. The minimum absolute atomic E-state index is 0.275. The van der Waals surface area contributed by atoms with Gasteiger partial charge in [-0.2, -0.15) is 0 Å². The van der Waals surface area contributed by atoms with Crippen LogP contribution in [0.25, 0.3) is 0 Å². The maximum absolute atomic E-state index is 12.2. The number of sulfonamides is 1. The van der Waals surface area contributed by atoms with Crippen LogP contribution < -0.4 is 9.83 Å². The molecule has 0 saturated heterocycles. The highest BCUT2D eigenvalue weighted by molar-refractivity contribution is 7.92. The van der Waals surface area contributed by atoms with Gasteiger partial charge in [-0.1, -0.05) is 30.0 Å². The number of rotatable bonds is 4. The number of carbonyl (C=O) groups is 1. The number of carboxylic acids is 1. The largest absolute Gasteiger partial charge is 0.872 e. The summed E-state index contributed by atoms with van der Waals surface area (Å²) in [5, 5.41) is 20.2. The Balaban J connectivity index is 2.43. The Hall–Kier alpha value is -2.54. The summed E-state index contributed by atoms with van der Waals surface area (Å²) in [6.45, 7) is 1.74. The van der Waals surface area contributed by atoms with Gasteiger partial charge in [0.2, 0.25) is 0 Å². The zero-order valence-electron chi connectivity index (χ0n) is 11.0. The van der Waals surface area contributed by atoms with Gasteiger partial charge < -0.3 is 10.2 Å². The molecule has 2 aromatic carbocycles. The van der Waals surface area contributed by atoms with E-state index in [1.807, 2.05) is 0 Å². The van der Waals surface area contributed by atoms with Crippen LogP contribution in [0.3, 0.4) is 0 Å². The van der Waals surface area contributed by atoms with Crippen LogP contribution >= 0.6 is 0 Å². The van der Waals surface area contributed by atoms with Crippen molar-refractivity contribution in [2.75, 3.05) is 4.72 Å². The monoisotopic (exact) mass is 306 g/mol. The van der Waals surface area contributed by atoms with Crippen LogP contribution in [0.5, 0.6) is 5.75 Å². The number of aromatic carboxylic acids is 1. The zero-order valence-corrected chi connectivity index (χ0v) is 11.8. The first-order chi connectivity index (χ1) is 9.81. The second-order valence-electron chi connectivity index (χ2n) is 4.38. The van der Waals surface area contributed by atoms with E-state index in [0.29, 0.717) is 5.69 Å². The molecule has 0 heterocycles. The third kappa shape index (κ3) is 3.14. The van der Waals surface area contributed by atoms with Gasteiger partial charge in [0.15, 0.2) is 0 Å². The van der Waals surface area contributed by atoms with Crippen LogP contribution in [-0.4, -0.2) is 19.5 Å². The van der Waals surface area contributed by atoms with E-state index in [4.69, 9.17) is 5.11 Å². The Kier molecular flexibility index (Phi) is 3.86. The van der Waals surface area contributed by atoms with Gasteiger partial charge in [-0.25, -0.2) is 13.2 Å². The molecule has 0 unspecified atom stereocenters. The summed E-state index contributed by atoms with van der Waals surface area (Å²) in [5.41, 5.74) is 0.531. The molecule has 0 spiro atoms. The summed E-state index contributed by atoms with van der Waals surface area (Å²) in [6.07, 6.45) is 0. The summed E-state index contributed by atoms with van der Waals surface area (Å²) < 4.78 is 26.8. The quantitative estimate of drug-likeness (QED) is 0.891. The fraction of sp³-hybridized carbons (Fsp3) is 0.0714. The van der Waals surface area contributed by atoms with Crippen molar-refractivity contribution in [1.29, 1.82) is 0 Å². The van der Waals surface area contributed by atoms with Gasteiger partial charge in [-0.3, -0.25) is 4.72 Å². The van der Waals surface area contributed by atoms with Crippen molar-refractivity contribution in [3.05, 3.63) is 53.6 Å². The molecule has 0 aromatic heterocycles. The summed E-state index contributed by atoms with van der Waals surface area (Å²) in [5.74, 6) is -2.20. The number of para-hydroxylation sites is 1. The minimum Gasteiger partial charge on any atom is -0.872 e. The van der Waals surface area contributed by atoms with Gasteiger partial charge in [-0.15, -0.1) is 0 Å². The van der Waals surface area contributed by atoms with E-state index < -0.39 is 27.3 Å². The molecule has 21 heavy (non-hydrogen) atoms. The molecule has 2 rings (SSSR count). The Morgan fingerprint density at radius 1 is 1.19 bits per heavy atom. The third-order valence-electron chi connectivity index (χ3n) is 2.88. The van der Waals surface area contributed by atoms with Gasteiger partial charge in [0, 0.05) is 0 Å². The molecule has 0 aliphatic heterocycles. The predicted molar refractivity (Wildman–Crippen MR) is 74.8 cm³/mol. The summed E-state index contributed by atoms with van der Waals surface area (Å²) in [7, 11) is -3.96. The number of benzene rings is 2. The maximum Gasteiger partial charge on any atom is 0.335 e. The van der Waals surface area contributed by atoms with Crippen molar-refractivity contribution >= 4 is 21.7 Å². The molecule has 0 aliphatic rings. The Morgan fingerprint density at radius 2 is 1.86 bits per heavy atom. The maximum atomic E-state index is 12.2. The van der Waals surface area contributed by atoms with Crippen LogP contribution in [0.2, 0.25) is 0 Å². The van der Waals surface area contributed by atoms with Crippen LogP contribution in [0, 0.1) is 6.92 Å². The first-order valence-electron chi connectivity index (χ1n) is 5.94. The fourth-order valence-corrected chi connectivity index (χ4v) is 2.89. The van der Waals surface area contributed by atoms with Crippen molar-refractivity contribution in [3.63, 3.8) is 0 Å². The molecular formula is C14H12NO5S-. The predicted octanol–water partition coefficient (Wildman–Crippen LogP) is 1.57. The molecule has 0 fully saturated rings. The Bertz CT molecular complexity index is 799. The highest BCUT2D eigenvalue weighted by Crippen LogP contribution is 2.23. The molecular weight excluding hydrogens is 294 g/mol. The van der Waals surface area contributed by atoms with Gasteiger partial charge >= 0.3 is 5.97 Å². The lowest BCUT2D eigenvalue weighted by Gasteiger charge is -2.14. The number of carboxylic acid groups (broad SMARTS) is 1. The van der Waals surface area contributed by atoms with Crippen LogP contribution in [0.1, 0.15) is 15.9 Å². The first-order valence-corrected chi connectivity index (χ1v) is 7.42. The molecule has 0 aliphatic carbocycles. The van der Waals surface area contributed by atoms with Crippen molar-refractivity contribution in [1.82, 2.24) is 0 Å². The van der Waals surface area contributed by atoms with Gasteiger partial charge in [0.05, 0.1) is 16.1 Å². The van der Waals surface area contributed by atoms with E-state index in [2.05, 4.69) is 4.72 Å². The van der Waals surface area contributed by atoms with E-state index >= 15 is 0 Å². The SMILES string of the molecule is Cc1ccccc1NS(=O)(=O)c1ccc([O-])c(C(=O)O)c1. The Labute approximate surface area is 121 Å². The average molecular weight is 306 g/mol. The first kappa shape index (κ1) is 14.9. The number of hydrogen-bond donors (Lipinski definition) is 2. The summed E-state index contributed by atoms with van der Waals surface area (Å²) in [4.78, 5) is 10.6. The third-order valence-corrected chi connectivity index (χ3v) is 4.24. The minimum atomic E-state index is -3.96. The highest BCUT2D eigenvalue weighted by atomic mass is 32.2. The molecule has 7 heteroatoms. The number of nitrogens with one attached hydrogen (secondary N) is 1. The zero-order chi connectivity index (χ0) is 15.6. The van der Waals surface area contributed by atoms with E-state index in [0.717, 1.165) is 23.8 Å². The van der Waals surface area contributed by atoms with Crippen molar-refractivity contribution in [2.45, 2.75) is 11.8 Å². The lowest BCUT2D eigenvalue weighted by atomic mass is 10.2. The van der Waals surface area contributed by atoms with Gasteiger partial charge in [0.1, 0.15) is 0 Å². The van der Waals surface area contributed by atoms with E-state index in [-0.39, 0.29) is 4.90 Å². The van der Waals surface area contributed by atoms with Crippen molar-refractivity contribution in [3.8, 4) is 5.75 Å². The molecule has 0 amide bonds. The molecule has 0 bridgehead atoms. The molecule has 2 aromatic rings. The standard InChI is InChI=1S/C14H13NO5S/c1-9-4-2-3-5-12(9)15-21(19,20)10-6-7-13(16)11(8-10)14(17)18/h2-8,15-16H,1H3,(H,17,18)/p-1. The van der Waals surface area contributed by atoms with E-state index in [1.54, 1.807) is 31.2 Å². The molecule has 0 radical (unpaired) electrons. The van der Waals surface area contributed by atoms with E-state index in [1.165, 1.54) is 0 Å². The molecule has 2 N–H and O–H groups in total. The molecule has 6 nitrogen and oxygen atoms in total. The lowest BCUT2D eigenvalue weighted by molar-refractivity contribution is -0.268. The van der Waals surface area contributed by atoms with Gasteiger partial charge in [0.25, 0.3) is 10.0 Å². The van der Waals surface area contributed by atoms with E-state index in [9.17, 15) is 18.3 Å². The van der Waals surface area contributed by atoms with Crippen molar-refractivity contribution < 1.29 is 23.4 Å². The smallest absolute Gasteiger partial charge is 0.335 e. The van der Waals surface area contributed by atoms with Crippen LogP contribution in [-0.2, 0) is 10.0 Å². The average Bonchev–Trinajstić information content (AvgIpc) is 2.41. The summed E-state index contributed by atoms with van der Waals surface area (Å²) >= 11 is 0. The normalized spacial score (nSPS) is 11.1. The number of aryl methyl sites for hydroxylation is 1. The molecule has 0 atom stereocenters. The lowest BCUT2D eigenvalue weighted by Crippen LogP contribution is -2.15. The summed E-state index contributed by atoms with van der Waals surface area (Å²) in [6, 6.07) is 9.63. The Morgan fingerprint density at radius 3 is 2.48 bits per heavy atom. The second kappa shape index (κ2) is 5.45. The van der Waals surface area contributed by atoms with Crippen LogP contribution in [0.4, 0.5) is 5.69 Å². The number of hydrogen-bond acceptors (Lipinski definition) is 4.